The molecule has 6 N–H and O–H groups in total. The first-order valence-electron chi connectivity index (χ1n) is 10.4. The summed E-state index contributed by atoms with van der Waals surface area (Å²) in [4.78, 5) is 47.5. The quantitative estimate of drug-likeness (QED) is 0.203. The van der Waals surface area contributed by atoms with Crippen LogP contribution in [0.1, 0.15) is 11.9 Å². The second-order valence-corrected chi connectivity index (χ2v) is 9.16. The van der Waals surface area contributed by atoms with Crippen molar-refractivity contribution in [3.8, 4) is 11.1 Å². The van der Waals surface area contributed by atoms with Gasteiger partial charge in [-0.1, -0.05) is 12.1 Å². The Hall–Kier alpha value is -3.16. The van der Waals surface area contributed by atoms with Crippen molar-refractivity contribution in [2.75, 3.05) is 12.3 Å². The molecule has 0 aliphatic carbocycles. The number of nitrogen functional groups attached to an aromatic ring is 1. The number of benzene rings is 1. The van der Waals surface area contributed by atoms with Gasteiger partial charge >= 0.3 is 13.5 Å². The number of hydrogen-bond donors (Lipinski definition) is 5. The highest BCUT2D eigenvalue weighted by Gasteiger charge is 2.45. The zero-order valence-corrected chi connectivity index (χ0v) is 19.0. The van der Waals surface area contributed by atoms with Gasteiger partial charge in [-0.3, -0.25) is 23.4 Å². The van der Waals surface area contributed by atoms with Crippen LogP contribution in [0.5, 0.6) is 0 Å². The monoisotopic (exact) mass is 506 g/mol. The molecule has 2 aromatic heterocycles. The first-order valence-corrected chi connectivity index (χ1v) is 11.9. The van der Waals surface area contributed by atoms with E-state index in [9.17, 15) is 24.4 Å². The maximum absolute atomic E-state index is 13.1. The van der Waals surface area contributed by atoms with E-state index in [-0.39, 0.29) is 6.54 Å². The van der Waals surface area contributed by atoms with Crippen molar-refractivity contribution >= 4 is 13.5 Å². The fourth-order valence-electron chi connectivity index (χ4n) is 3.72. The largest absolute Gasteiger partial charge is 0.469 e. The van der Waals surface area contributed by atoms with Crippen LogP contribution in [0.4, 0.5) is 5.69 Å². The number of aromatic nitrogens is 3. The third-order valence-electron chi connectivity index (χ3n) is 5.49. The Morgan fingerprint density at radius 2 is 1.77 bits per heavy atom. The van der Waals surface area contributed by atoms with Crippen LogP contribution < -0.4 is 17.0 Å². The predicted octanol–water partition coefficient (Wildman–Crippen LogP) is -0.569. The van der Waals surface area contributed by atoms with Crippen molar-refractivity contribution in [3.05, 3.63) is 81.4 Å². The fourth-order valence-corrected chi connectivity index (χ4v) is 4.06. The van der Waals surface area contributed by atoms with Crippen LogP contribution in [0.3, 0.4) is 0 Å². The van der Waals surface area contributed by atoms with Gasteiger partial charge in [0.05, 0.1) is 18.8 Å². The van der Waals surface area contributed by atoms with Crippen LogP contribution in [0.15, 0.2) is 64.4 Å². The number of aliphatic hydroxyl groups is 2. The van der Waals surface area contributed by atoms with E-state index < -0.39 is 50.2 Å². The average Bonchev–Trinajstić information content (AvgIpc) is 3.09. The maximum Gasteiger partial charge on any atom is 0.469 e. The second kappa shape index (κ2) is 9.84. The molecule has 35 heavy (non-hydrogen) atoms. The molecule has 2 unspecified atom stereocenters. The first-order chi connectivity index (χ1) is 16.5. The van der Waals surface area contributed by atoms with Gasteiger partial charge in [0, 0.05) is 24.1 Å². The summed E-state index contributed by atoms with van der Waals surface area (Å²) in [6.07, 6.45) is -3.34. The van der Waals surface area contributed by atoms with Crippen molar-refractivity contribution in [1.82, 2.24) is 14.1 Å². The summed E-state index contributed by atoms with van der Waals surface area (Å²) in [5.74, 6) is 0. The smallest absolute Gasteiger partial charge is 0.399 e. The van der Waals surface area contributed by atoms with E-state index in [0.29, 0.717) is 11.4 Å². The van der Waals surface area contributed by atoms with Gasteiger partial charge in [0.25, 0.3) is 5.56 Å². The Labute approximate surface area is 197 Å². The van der Waals surface area contributed by atoms with E-state index >= 15 is 0 Å². The minimum atomic E-state index is -4.85. The third kappa shape index (κ3) is 5.57. The summed E-state index contributed by atoms with van der Waals surface area (Å²) in [7, 11) is -4.85. The van der Waals surface area contributed by atoms with Crippen molar-refractivity contribution in [2.24, 2.45) is 0 Å². The predicted molar refractivity (Wildman–Crippen MR) is 122 cm³/mol. The number of nitrogens with two attached hydrogens (primary N) is 1. The van der Waals surface area contributed by atoms with Crippen molar-refractivity contribution in [2.45, 2.75) is 31.1 Å². The van der Waals surface area contributed by atoms with Crippen LogP contribution in [-0.4, -0.2) is 59.0 Å². The summed E-state index contributed by atoms with van der Waals surface area (Å²) in [6.45, 7) is -0.910. The van der Waals surface area contributed by atoms with Gasteiger partial charge in [-0.2, -0.15) is 0 Å². The molecule has 0 radical (unpaired) electrons. The Kier molecular flexibility index (Phi) is 7.01. The van der Waals surface area contributed by atoms with Crippen LogP contribution >= 0.6 is 7.82 Å². The Balaban J connectivity index is 1.60. The summed E-state index contributed by atoms with van der Waals surface area (Å²) in [5.41, 5.74) is 6.94. The lowest BCUT2D eigenvalue weighted by Crippen LogP contribution is -2.43. The van der Waals surface area contributed by atoms with E-state index in [0.717, 1.165) is 32.5 Å². The molecule has 1 aromatic carbocycles. The van der Waals surface area contributed by atoms with Crippen LogP contribution in [0.2, 0.25) is 0 Å². The standard InChI is InChI=1S/C21H23N4O9P/c22-14-3-1-12(2-4-14)13-5-7-23-15(9-13)10-25-17(26)6-8-24(21(25)29)20-19(28)18(27)16(34-20)11-33-35(30,31)32/h1-9,16,18-20,27-28H,10-11,22H2,(H2,30,31,32)/t16-,18?,19?,20-/m1/s1. The van der Waals surface area contributed by atoms with Crippen molar-refractivity contribution in [3.63, 3.8) is 0 Å². The second-order valence-electron chi connectivity index (χ2n) is 7.92. The molecule has 0 bridgehead atoms. The van der Waals surface area contributed by atoms with Gasteiger partial charge in [-0.05, 0) is 35.4 Å². The number of pyridine rings is 1. The Morgan fingerprint density at radius 3 is 2.46 bits per heavy atom. The molecule has 3 aromatic rings. The van der Waals surface area contributed by atoms with Gasteiger partial charge in [0.15, 0.2) is 6.23 Å². The highest BCUT2D eigenvalue weighted by molar-refractivity contribution is 7.46. The van der Waals surface area contributed by atoms with Crippen LogP contribution in [-0.2, 0) is 20.4 Å². The summed E-state index contributed by atoms with van der Waals surface area (Å²) < 4.78 is 22.5. The molecule has 0 amide bonds. The average molecular weight is 506 g/mol. The van der Waals surface area contributed by atoms with E-state index in [1.807, 2.05) is 12.1 Å². The minimum Gasteiger partial charge on any atom is -0.399 e. The molecule has 14 heteroatoms. The number of hydrogen-bond acceptors (Lipinski definition) is 9. The van der Waals surface area contributed by atoms with Crippen molar-refractivity contribution in [1.29, 1.82) is 0 Å². The lowest BCUT2D eigenvalue weighted by molar-refractivity contribution is -0.0548. The van der Waals surface area contributed by atoms with E-state index in [2.05, 4.69) is 9.51 Å². The van der Waals surface area contributed by atoms with E-state index in [4.69, 9.17) is 20.3 Å². The molecule has 1 saturated heterocycles. The fraction of sp³-hybridized carbons (Fsp3) is 0.286. The number of rotatable bonds is 7. The molecule has 3 heterocycles. The van der Waals surface area contributed by atoms with Gasteiger partial charge in [0.2, 0.25) is 0 Å². The van der Waals surface area contributed by atoms with Gasteiger partial charge < -0.3 is 30.5 Å². The number of phosphoric ester groups is 1. The first kappa shape index (κ1) is 24.9. The van der Waals surface area contributed by atoms with Gasteiger partial charge in [-0.15, -0.1) is 0 Å². The number of ether oxygens (including phenoxy) is 1. The minimum absolute atomic E-state index is 0.183. The SMILES string of the molecule is Nc1ccc(-c2ccnc(Cn3c(=O)ccn([C@@H]4O[C@H](COP(=O)(O)O)C(O)C4O)c3=O)c2)cc1. The summed E-state index contributed by atoms with van der Waals surface area (Å²) in [5, 5.41) is 20.6. The normalized spacial score (nSPS) is 22.4. The Morgan fingerprint density at radius 1 is 1.06 bits per heavy atom. The zero-order valence-electron chi connectivity index (χ0n) is 18.1. The molecule has 0 saturated carbocycles. The van der Waals surface area contributed by atoms with Crippen molar-refractivity contribution < 1.29 is 33.8 Å². The maximum atomic E-state index is 13.1. The molecule has 13 nitrogen and oxygen atoms in total. The molecule has 0 spiro atoms. The summed E-state index contributed by atoms with van der Waals surface area (Å²) in [6, 6.07) is 11.7. The highest BCUT2D eigenvalue weighted by atomic mass is 31.2. The molecule has 4 rings (SSSR count). The lowest BCUT2D eigenvalue weighted by atomic mass is 10.1. The van der Waals surface area contributed by atoms with E-state index in [1.165, 1.54) is 0 Å². The molecule has 1 fully saturated rings. The van der Waals surface area contributed by atoms with Gasteiger partial charge in [0.1, 0.15) is 18.3 Å². The number of phosphoric acid groups is 1. The number of anilines is 1. The number of aliphatic hydroxyl groups excluding tert-OH is 2. The zero-order chi connectivity index (χ0) is 25.3. The third-order valence-corrected chi connectivity index (χ3v) is 5.98. The summed E-state index contributed by atoms with van der Waals surface area (Å²) >= 11 is 0. The highest BCUT2D eigenvalue weighted by Crippen LogP contribution is 2.38. The molecule has 4 atom stereocenters. The lowest BCUT2D eigenvalue weighted by Gasteiger charge is -2.18. The molecular formula is C21H23N4O9P. The Bertz CT molecular complexity index is 1370. The molecule has 1 aliphatic rings. The van der Waals surface area contributed by atoms with Crippen LogP contribution in [0, 0.1) is 0 Å². The molecule has 1 aliphatic heterocycles. The topological polar surface area (TPSA) is 199 Å². The molecule has 186 valence electrons. The number of nitrogens with zero attached hydrogens (tertiary/aromatic N) is 3. The van der Waals surface area contributed by atoms with E-state index in [1.54, 1.807) is 30.5 Å². The van der Waals surface area contributed by atoms with Gasteiger partial charge in [-0.25, -0.2) is 9.36 Å². The van der Waals surface area contributed by atoms with Crippen LogP contribution in [0.25, 0.3) is 11.1 Å². The molecular weight excluding hydrogens is 483 g/mol.